The van der Waals surface area contributed by atoms with Gasteiger partial charge in [0.25, 0.3) is 0 Å². The summed E-state index contributed by atoms with van der Waals surface area (Å²) in [5.74, 6) is 0. The van der Waals surface area contributed by atoms with Crippen LogP contribution in [0.1, 0.15) is 48.5 Å². The summed E-state index contributed by atoms with van der Waals surface area (Å²) in [5, 5.41) is 9.62. The summed E-state index contributed by atoms with van der Waals surface area (Å²) < 4.78 is 25.3. The van der Waals surface area contributed by atoms with E-state index in [1.165, 1.54) is 11.1 Å². The standard InChI is InChI=1S/C13H21NO3S2/c1-10(15)11-5-6-12(18-11)13(7-3-4-8-13)9-14-19(2,16)17/h5-6,10,14-15H,3-4,7-9H2,1-2H3. The molecule has 1 heterocycles. The minimum Gasteiger partial charge on any atom is -0.388 e. The fourth-order valence-corrected chi connectivity index (χ4v) is 4.42. The number of sulfonamides is 1. The van der Waals surface area contributed by atoms with Gasteiger partial charge >= 0.3 is 0 Å². The van der Waals surface area contributed by atoms with E-state index in [9.17, 15) is 13.5 Å². The zero-order valence-electron chi connectivity index (χ0n) is 11.3. The van der Waals surface area contributed by atoms with Crippen molar-refractivity contribution in [1.82, 2.24) is 4.72 Å². The Morgan fingerprint density at radius 3 is 2.53 bits per heavy atom. The molecule has 2 rings (SSSR count). The summed E-state index contributed by atoms with van der Waals surface area (Å²) in [6.07, 6.45) is 5.02. The lowest BCUT2D eigenvalue weighted by Crippen LogP contribution is -2.37. The molecule has 2 N–H and O–H groups in total. The van der Waals surface area contributed by atoms with Gasteiger partial charge in [0.15, 0.2) is 0 Å². The van der Waals surface area contributed by atoms with Crippen molar-refractivity contribution >= 4 is 21.4 Å². The molecule has 0 radical (unpaired) electrons. The van der Waals surface area contributed by atoms with E-state index in [-0.39, 0.29) is 5.41 Å². The molecule has 1 atom stereocenters. The molecule has 1 saturated carbocycles. The summed E-state index contributed by atoms with van der Waals surface area (Å²) >= 11 is 1.60. The molecule has 1 unspecified atom stereocenters. The van der Waals surface area contributed by atoms with E-state index in [0.29, 0.717) is 6.54 Å². The second-order valence-electron chi connectivity index (χ2n) is 5.46. The average molecular weight is 303 g/mol. The third kappa shape index (κ3) is 3.56. The van der Waals surface area contributed by atoms with Crippen LogP contribution in [0, 0.1) is 0 Å². The highest BCUT2D eigenvalue weighted by molar-refractivity contribution is 7.88. The van der Waals surface area contributed by atoms with Crippen LogP contribution in [-0.2, 0) is 15.4 Å². The quantitative estimate of drug-likeness (QED) is 0.876. The van der Waals surface area contributed by atoms with Crippen LogP contribution < -0.4 is 4.72 Å². The monoisotopic (exact) mass is 303 g/mol. The smallest absolute Gasteiger partial charge is 0.208 e. The summed E-state index contributed by atoms with van der Waals surface area (Å²) in [6.45, 7) is 2.22. The fraction of sp³-hybridized carbons (Fsp3) is 0.692. The van der Waals surface area contributed by atoms with Gasteiger partial charge in [-0.05, 0) is 31.9 Å². The van der Waals surface area contributed by atoms with E-state index >= 15 is 0 Å². The normalized spacial score (nSPS) is 20.6. The molecule has 6 heteroatoms. The van der Waals surface area contributed by atoms with Crippen LogP contribution in [0.4, 0.5) is 0 Å². The highest BCUT2D eigenvalue weighted by Crippen LogP contribution is 2.44. The van der Waals surface area contributed by atoms with E-state index in [4.69, 9.17) is 0 Å². The lowest BCUT2D eigenvalue weighted by molar-refractivity contribution is 0.203. The highest BCUT2D eigenvalue weighted by Gasteiger charge is 2.37. The summed E-state index contributed by atoms with van der Waals surface area (Å²) in [4.78, 5) is 2.14. The van der Waals surface area contributed by atoms with E-state index in [1.54, 1.807) is 18.3 Å². The van der Waals surface area contributed by atoms with Crippen molar-refractivity contribution in [3.05, 3.63) is 21.9 Å². The molecule has 1 aromatic heterocycles. The first-order valence-electron chi connectivity index (χ1n) is 6.55. The van der Waals surface area contributed by atoms with Gasteiger partial charge in [-0.3, -0.25) is 0 Å². The Hall–Kier alpha value is -0.430. The van der Waals surface area contributed by atoms with Crippen molar-refractivity contribution in [3.8, 4) is 0 Å². The van der Waals surface area contributed by atoms with Crippen LogP contribution in [0.3, 0.4) is 0 Å². The van der Waals surface area contributed by atoms with Crippen molar-refractivity contribution in [2.24, 2.45) is 0 Å². The molecule has 0 saturated heterocycles. The topological polar surface area (TPSA) is 66.4 Å². The van der Waals surface area contributed by atoms with Gasteiger partial charge in [0, 0.05) is 21.7 Å². The predicted molar refractivity (Wildman–Crippen MR) is 77.9 cm³/mol. The highest BCUT2D eigenvalue weighted by atomic mass is 32.2. The zero-order valence-corrected chi connectivity index (χ0v) is 13.0. The Morgan fingerprint density at radius 1 is 1.42 bits per heavy atom. The number of hydrogen-bond donors (Lipinski definition) is 2. The van der Waals surface area contributed by atoms with Crippen LogP contribution >= 0.6 is 11.3 Å². The summed E-state index contributed by atoms with van der Waals surface area (Å²) in [5.41, 5.74) is -0.0825. The zero-order chi connectivity index (χ0) is 14.1. The van der Waals surface area contributed by atoms with Crippen molar-refractivity contribution in [1.29, 1.82) is 0 Å². The fourth-order valence-electron chi connectivity index (χ4n) is 2.69. The summed E-state index contributed by atoms with van der Waals surface area (Å²) in [7, 11) is -3.16. The van der Waals surface area contributed by atoms with Crippen LogP contribution in [0.5, 0.6) is 0 Å². The van der Waals surface area contributed by atoms with Crippen LogP contribution in [0.25, 0.3) is 0 Å². The van der Waals surface area contributed by atoms with Gasteiger partial charge in [-0.1, -0.05) is 12.8 Å². The first-order valence-corrected chi connectivity index (χ1v) is 9.26. The summed E-state index contributed by atoms with van der Waals surface area (Å²) in [6, 6.07) is 3.99. The van der Waals surface area contributed by atoms with E-state index < -0.39 is 16.1 Å². The minimum absolute atomic E-state index is 0.0825. The van der Waals surface area contributed by atoms with Gasteiger partial charge in [0.1, 0.15) is 0 Å². The lowest BCUT2D eigenvalue weighted by atomic mass is 9.85. The molecule has 0 aromatic carbocycles. The molecular weight excluding hydrogens is 282 g/mol. The Morgan fingerprint density at radius 2 is 2.05 bits per heavy atom. The maximum Gasteiger partial charge on any atom is 0.208 e. The van der Waals surface area contributed by atoms with Gasteiger partial charge in [0.05, 0.1) is 12.4 Å². The second-order valence-corrected chi connectivity index (χ2v) is 8.41. The van der Waals surface area contributed by atoms with E-state index in [1.807, 2.05) is 12.1 Å². The van der Waals surface area contributed by atoms with Crippen LogP contribution in [0.2, 0.25) is 0 Å². The molecule has 1 fully saturated rings. The minimum atomic E-state index is -3.16. The molecular formula is C13H21NO3S2. The Kier molecular flexibility index (Phi) is 4.35. The number of rotatable bonds is 5. The van der Waals surface area contributed by atoms with E-state index in [2.05, 4.69) is 4.72 Å². The van der Waals surface area contributed by atoms with Crippen molar-refractivity contribution in [2.75, 3.05) is 12.8 Å². The van der Waals surface area contributed by atoms with Gasteiger partial charge in [0.2, 0.25) is 10.0 Å². The number of aliphatic hydroxyl groups is 1. The largest absolute Gasteiger partial charge is 0.388 e. The maximum atomic E-state index is 11.3. The van der Waals surface area contributed by atoms with Crippen molar-refractivity contribution in [3.63, 3.8) is 0 Å². The van der Waals surface area contributed by atoms with Crippen LogP contribution in [-0.4, -0.2) is 26.3 Å². The molecule has 0 spiro atoms. The molecule has 0 amide bonds. The van der Waals surface area contributed by atoms with Gasteiger partial charge in [-0.25, -0.2) is 13.1 Å². The predicted octanol–water partition coefficient (Wildman–Crippen LogP) is 2.16. The molecule has 1 aliphatic rings. The molecule has 0 bridgehead atoms. The first kappa shape index (κ1) is 15.0. The Balaban J connectivity index is 2.23. The number of hydrogen-bond acceptors (Lipinski definition) is 4. The number of thiophene rings is 1. The van der Waals surface area contributed by atoms with Crippen LogP contribution in [0.15, 0.2) is 12.1 Å². The van der Waals surface area contributed by atoms with Crippen molar-refractivity contribution < 1.29 is 13.5 Å². The molecule has 19 heavy (non-hydrogen) atoms. The SMILES string of the molecule is CC(O)c1ccc(C2(CNS(C)(=O)=O)CCCC2)s1. The number of aliphatic hydroxyl groups excluding tert-OH is 1. The second kappa shape index (κ2) is 5.52. The molecule has 0 aliphatic heterocycles. The average Bonchev–Trinajstić information content (AvgIpc) is 2.95. The Labute approximate surface area is 118 Å². The molecule has 1 aromatic rings. The third-order valence-electron chi connectivity index (χ3n) is 3.79. The Bertz CT molecular complexity index is 528. The lowest BCUT2D eigenvalue weighted by Gasteiger charge is -2.27. The van der Waals surface area contributed by atoms with E-state index in [0.717, 1.165) is 30.6 Å². The van der Waals surface area contributed by atoms with Crippen molar-refractivity contribution in [2.45, 2.75) is 44.1 Å². The number of nitrogens with one attached hydrogen (secondary N) is 1. The van der Waals surface area contributed by atoms with Gasteiger partial charge in [-0.2, -0.15) is 0 Å². The molecule has 1 aliphatic carbocycles. The van der Waals surface area contributed by atoms with Gasteiger partial charge < -0.3 is 5.11 Å². The van der Waals surface area contributed by atoms with Gasteiger partial charge in [-0.15, -0.1) is 11.3 Å². The first-order chi connectivity index (χ1) is 8.82. The molecule has 4 nitrogen and oxygen atoms in total. The maximum absolute atomic E-state index is 11.3. The third-order valence-corrected chi connectivity index (χ3v) is 5.97. The molecule has 108 valence electrons.